The molecule has 0 aliphatic rings. The smallest absolute Gasteiger partial charge is 0.235 e. The van der Waals surface area contributed by atoms with Crippen LogP contribution in [0.1, 0.15) is 20.3 Å². The van der Waals surface area contributed by atoms with Gasteiger partial charge >= 0.3 is 0 Å². The first-order chi connectivity index (χ1) is 6.49. The summed E-state index contributed by atoms with van der Waals surface area (Å²) in [5, 5.41) is 8.44. The van der Waals surface area contributed by atoms with Crippen LogP contribution in [-0.4, -0.2) is 36.0 Å². The van der Waals surface area contributed by atoms with Crippen LogP contribution in [0.5, 0.6) is 0 Å². The highest BCUT2D eigenvalue weighted by Gasteiger charge is 2.16. The normalized spacial score (nSPS) is 12.9. The molecular formula is C9H18N4O. The lowest BCUT2D eigenvalue weighted by Gasteiger charge is -2.27. The van der Waals surface area contributed by atoms with Gasteiger partial charge < -0.3 is 11.5 Å². The summed E-state index contributed by atoms with van der Waals surface area (Å²) in [6.07, 6.45) is 0.434. The van der Waals surface area contributed by atoms with Gasteiger partial charge in [-0.15, -0.1) is 0 Å². The highest BCUT2D eigenvalue weighted by atomic mass is 16.1. The van der Waals surface area contributed by atoms with Gasteiger partial charge in [-0.05, 0) is 13.8 Å². The molecule has 4 N–H and O–H groups in total. The second-order valence-corrected chi connectivity index (χ2v) is 3.51. The molecule has 14 heavy (non-hydrogen) atoms. The van der Waals surface area contributed by atoms with Crippen molar-refractivity contribution in [1.82, 2.24) is 4.90 Å². The minimum Gasteiger partial charge on any atom is -0.368 e. The summed E-state index contributed by atoms with van der Waals surface area (Å²) in [5.74, 6) is -0.507. The van der Waals surface area contributed by atoms with Crippen molar-refractivity contribution < 1.29 is 4.79 Å². The number of nitrogens with two attached hydrogens (primary N) is 2. The molecule has 0 rings (SSSR count). The number of hydrogen-bond donors (Lipinski definition) is 2. The highest BCUT2D eigenvalue weighted by Crippen LogP contribution is 2.00. The molecule has 0 aromatic heterocycles. The standard InChI is InChI=1S/C9H18N4O/c1-7(2)13(5-3-4-10)6-8(11)9(12)14/h7-8H,3,5-6,11H2,1-2H3,(H2,12,14). The largest absolute Gasteiger partial charge is 0.368 e. The minimum absolute atomic E-state index is 0.258. The van der Waals surface area contributed by atoms with Crippen LogP contribution in [0.4, 0.5) is 0 Å². The maximum atomic E-state index is 10.7. The maximum absolute atomic E-state index is 10.7. The predicted octanol–water partition coefficient (Wildman–Crippen LogP) is -0.577. The summed E-state index contributed by atoms with van der Waals surface area (Å²) < 4.78 is 0. The topological polar surface area (TPSA) is 96.1 Å². The van der Waals surface area contributed by atoms with E-state index >= 15 is 0 Å². The Bertz CT molecular complexity index is 221. The van der Waals surface area contributed by atoms with Gasteiger partial charge in [-0.2, -0.15) is 5.26 Å². The molecule has 0 aromatic carbocycles. The fourth-order valence-corrected chi connectivity index (χ4v) is 1.10. The zero-order chi connectivity index (χ0) is 11.1. The first-order valence-corrected chi connectivity index (χ1v) is 4.65. The third-order valence-corrected chi connectivity index (χ3v) is 2.04. The van der Waals surface area contributed by atoms with Crippen molar-refractivity contribution >= 4 is 5.91 Å². The SMILES string of the molecule is CC(C)N(CCC#N)CC(N)C(N)=O. The van der Waals surface area contributed by atoms with Crippen molar-refractivity contribution in [3.05, 3.63) is 0 Å². The summed E-state index contributed by atoms with van der Waals surface area (Å²) in [6.45, 7) is 5.01. The zero-order valence-corrected chi connectivity index (χ0v) is 8.73. The van der Waals surface area contributed by atoms with Crippen molar-refractivity contribution in [1.29, 1.82) is 5.26 Å². The number of carbonyl (C=O) groups excluding carboxylic acids is 1. The van der Waals surface area contributed by atoms with Crippen LogP contribution < -0.4 is 11.5 Å². The van der Waals surface area contributed by atoms with Gasteiger partial charge in [0.05, 0.1) is 12.1 Å². The van der Waals surface area contributed by atoms with Crippen LogP contribution >= 0.6 is 0 Å². The summed E-state index contributed by atoms with van der Waals surface area (Å²) in [6, 6.07) is 1.66. The number of nitriles is 1. The van der Waals surface area contributed by atoms with E-state index in [1.165, 1.54) is 0 Å². The molecule has 80 valence electrons. The van der Waals surface area contributed by atoms with Crippen molar-refractivity contribution in [3.63, 3.8) is 0 Å². The number of nitrogens with zero attached hydrogens (tertiary/aromatic N) is 2. The number of amides is 1. The quantitative estimate of drug-likeness (QED) is 0.597. The molecule has 0 heterocycles. The van der Waals surface area contributed by atoms with Crippen LogP contribution in [0, 0.1) is 11.3 Å². The van der Waals surface area contributed by atoms with Gasteiger partial charge in [-0.1, -0.05) is 0 Å². The molecule has 5 heteroatoms. The van der Waals surface area contributed by atoms with E-state index in [1.807, 2.05) is 18.7 Å². The van der Waals surface area contributed by atoms with Gasteiger partial charge in [-0.3, -0.25) is 9.69 Å². The summed E-state index contributed by atoms with van der Waals surface area (Å²) >= 11 is 0. The van der Waals surface area contributed by atoms with Crippen molar-refractivity contribution in [2.24, 2.45) is 11.5 Å². The molecule has 1 amide bonds. The Morgan fingerprint density at radius 2 is 2.14 bits per heavy atom. The molecule has 1 unspecified atom stereocenters. The molecule has 0 bridgehead atoms. The van der Waals surface area contributed by atoms with Gasteiger partial charge in [0.25, 0.3) is 0 Å². The molecule has 0 aliphatic heterocycles. The molecule has 0 spiro atoms. The van der Waals surface area contributed by atoms with Crippen LogP contribution in [0.2, 0.25) is 0 Å². The molecule has 0 aromatic rings. The summed E-state index contributed by atoms with van der Waals surface area (Å²) in [4.78, 5) is 12.7. The van der Waals surface area contributed by atoms with E-state index in [4.69, 9.17) is 16.7 Å². The third-order valence-electron chi connectivity index (χ3n) is 2.04. The van der Waals surface area contributed by atoms with Gasteiger partial charge in [0.15, 0.2) is 0 Å². The van der Waals surface area contributed by atoms with E-state index < -0.39 is 11.9 Å². The fourth-order valence-electron chi connectivity index (χ4n) is 1.10. The number of rotatable bonds is 6. The fraction of sp³-hybridized carbons (Fsp3) is 0.778. The van der Waals surface area contributed by atoms with E-state index in [-0.39, 0.29) is 6.04 Å². The van der Waals surface area contributed by atoms with Gasteiger partial charge in [0.2, 0.25) is 5.91 Å². The third kappa shape index (κ3) is 4.80. The molecule has 0 radical (unpaired) electrons. The van der Waals surface area contributed by atoms with Crippen LogP contribution in [-0.2, 0) is 4.79 Å². The summed E-state index contributed by atoms with van der Waals surface area (Å²) in [5.41, 5.74) is 10.6. The molecule has 0 saturated heterocycles. The van der Waals surface area contributed by atoms with E-state index in [0.29, 0.717) is 19.5 Å². The lowest BCUT2D eigenvalue weighted by atomic mass is 10.2. The Labute approximate surface area is 84.7 Å². The highest BCUT2D eigenvalue weighted by molar-refractivity contribution is 5.79. The Kier molecular flexibility index (Phi) is 5.84. The van der Waals surface area contributed by atoms with Crippen molar-refractivity contribution in [2.45, 2.75) is 32.4 Å². The van der Waals surface area contributed by atoms with Crippen LogP contribution in [0.25, 0.3) is 0 Å². The molecule has 1 atom stereocenters. The Balaban J connectivity index is 4.10. The van der Waals surface area contributed by atoms with E-state index in [1.54, 1.807) is 0 Å². The molecule has 0 aliphatic carbocycles. The van der Waals surface area contributed by atoms with Crippen LogP contribution in [0.15, 0.2) is 0 Å². The first kappa shape index (κ1) is 12.9. The second kappa shape index (κ2) is 6.35. The van der Waals surface area contributed by atoms with E-state index in [9.17, 15) is 4.79 Å². The van der Waals surface area contributed by atoms with Crippen molar-refractivity contribution in [2.75, 3.05) is 13.1 Å². The average Bonchev–Trinajstić information content (AvgIpc) is 2.10. The minimum atomic E-state index is -0.656. The van der Waals surface area contributed by atoms with Gasteiger partial charge in [0, 0.05) is 25.6 Å². The maximum Gasteiger partial charge on any atom is 0.235 e. The summed E-state index contributed by atoms with van der Waals surface area (Å²) in [7, 11) is 0. The average molecular weight is 198 g/mol. The predicted molar refractivity (Wildman–Crippen MR) is 54.1 cm³/mol. The Morgan fingerprint density at radius 3 is 2.50 bits per heavy atom. The zero-order valence-electron chi connectivity index (χ0n) is 8.73. The number of primary amides is 1. The molecule has 5 nitrogen and oxygen atoms in total. The van der Waals surface area contributed by atoms with E-state index in [0.717, 1.165) is 0 Å². The van der Waals surface area contributed by atoms with Crippen LogP contribution in [0.3, 0.4) is 0 Å². The Morgan fingerprint density at radius 1 is 1.57 bits per heavy atom. The Hall–Kier alpha value is -1.12. The lowest BCUT2D eigenvalue weighted by Crippen LogP contribution is -2.48. The van der Waals surface area contributed by atoms with Crippen molar-refractivity contribution in [3.8, 4) is 6.07 Å². The molecule has 0 fully saturated rings. The van der Waals surface area contributed by atoms with Gasteiger partial charge in [-0.25, -0.2) is 0 Å². The van der Waals surface area contributed by atoms with Gasteiger partial charge in [0.1, 0.15) is 0 Å². The first-order valence-electron chi connectivity index (χ1n) is 4.65. The number of hydrogen-bond acceptors (Lipinski definition) is 4. The van der Waals surface area contributed by atoms with E-state index in [2.05, 4.69) is 6.07 Å². The number of carbonyl (C=O) groups is 1. The second-order valence-electron chi connectivity index (χ2n) is 3.51. The lowest BCUT2D eigenvalue weighted by molar-refractivity contribution is -0.119. The molecule has 0 saturated carbocycles. The molecular weight excluding hydrogens is 180 g/mol. The monoisotopic (exact) mass is 198 g/mol.